The summed E-state index contributed by atoms with van der Waals surface area (Å²) >= 11 is 0. The summed E-state index contributed by atoms with van der Waals surface area (Å²) in [4.78, 5) is 33.5. The zero-order chi connectivity index (χ0) is 16.8. The van der Waals surface area contributed by atoms with Crippen molar-refractivity contribution in [2.24, 2.45) is 0 Å². The number of nitro benzene ring substituents is 1. The molecule has 0 fully saturated rings. The van der Waals surface area contributed by atoms with E-state index in [1.807, 2.05) is 0 Å². The summed E-state index contributed by atoms with van der Waals surface area (Å²) in [5, 5.41) is 22.0. The van der Waals surface area contributed by atoms with Gasteiger partial charge in [0.25, 0.3) is 5.69 Å². The molecule has 0 atom stereocenters. The van der Waals surface area contributed by atoms with Crippen molar-refractivity contribution in [3.05, 3.63) is 38.9 Å². The van der Waals surface area contributed by atoms with Crippen LogP contribution in [0.3, 0.4) is 0 Å². The van der Waals surface area contributed by atoms with Crippen LogP contribution < -0.4 is 11.1 Å². The first-order valence-corrected chi connectivity index (χ1v) is 7.18. The monoisotopic (exact) mass is 323 g/mol. The third kappa shape index (κ3) is 4.16. The molecule has 0 aliphatic carbocycles. The standard InChI is InChI=1S/C14H17N3O6/c18-8-2-6-15-13(19)3-1-7-16-11-5-4-10(17(21)22)9-12(11)23-14(16)20/h4-5,9,18H,1-3,6-8H2,(H,15,19). The number of carbonyl (C=O) groups excluding carboxylic acids is 1. The van der Waals surface area contributed by atoms with Gasteiger partial charge in [-0.1, -0.05) is 0 Å². The predicted octanol–water partition coefficient (Wildman–Crippen LogP) is 0.781. The van der Waals surface area contributed by atoms with Crippen LogP contribution in [0.1, 0.15) is 19.3 Å². The normalized spacial score (nSPS) is 10.8. The minimum Gasteiger partial charge on any atom is -0.407 e. The molecule has 0 bridgehead atoms. The molecule has 0 saturated carbocycles. The molecule has 2 rings (SSSR count). The third-order valence-electron chi connectivity index (χ3n) is 3.31. The number of benzene rings is 1. The van der Waals surface area contributed by atoms with E-state index in [1.165, 1.54) is 22.8 Å². The van der Waals surface area contributed by atoms with Crippen molar-refractivity contribution in [1.29, 1.82) is 0 Å². The molecular weight excluding hydrogens is 306 g/mol. The smallest absolute Gasteiger partial charge is 0.407 e. The van der Waals surface area contributed by atoms with E-state index in [-0.39, 0.29) is 36.8 Å². The Bertz CT molecular complexity index is 763. The minimum atomic E-state index is -0.610. The number of nitrogens with one attached hydrogen (secondary N) is 1. The lowest BCUT2D eigenvalue weighted by molar-refractivity contribution is -0.384. The molecule has 1 aromatic heterocycles. The number of non-ortho nitro benzene ring substituents is 1. The van der Waals surface area contributed by atoms with Crippen LogP contribution in [-0.4, -0.2) is 33.7 Å². The van der Waals surface area contributed by atoms with Gasteiger partial charge >= 0.3 is 5.76 Å². The lowest BCUT2D eigenvalue weighted by atomic mass is 10.2. The highest BCUT2D eigenvalue weighted by atomic mass is 16.6. The lowest BCUT2D eigenvalue weighted by Crippen LogP contribution is -2.25. The van der Waals surface area contributed by atoms with Crippen molar-refractivity contribution in [3.63, 3.8) is 0 Å². The Kier molecular flexibility index (Phi) is 5.47. The van der Waals surface area contributed by atoms with Crippen LogP contribution in [0, 0.1) is 10.1 Å². The molecule has 124 valence electrons. The van der Waals surface area contributed by atoms with Crippen LogP contribution in [0.25, 0.3) is 11.1 Å². The number of hydrogen-bond acceptors (Lipinski definition) is 6. The Balaban J connectivity index is 2.00. The van der Waals surface area contributed by atoms with E-state index in [9.17, 15) is 19.7 Å². The number of aryl methyl sites for hydroxylation is 1. The second-order valence-electron chi connectivity index (χ2n) is 4.96. The van der Waals surface area contributed by atoms with Crippen molar-refractivity contribution in [3.8, 4) is 0 Å². The second kappa shape index (κ2) is 7.54. The number of nitro groups is 1. The van der Waals surface area contributed by atoms with E-state index in [2.05, 4.69) is 5.32 Å². The minimum absolute atomic E-state index is 0.0167. The van der Waals surface area contributed by atoms with Gasteiger partial charge in [-0.25, -0.2) is 4.79 Å². The van der Waals surface area contributed by atoms with E-state index < -0.39 is 10.7 Å². The number of aliphatic hydroxyl groups is 1. The first-order chi connectivity index (χ1) is 11.0. The van der Waals surface area contributed by atoms with Crippen molar-refractivity contribution in [2.45, 2.75) is 25.8 Å². The predicted molar refractivity (Wildman–Crippen MR) is 81.1 cm³/mol. The third-order valence-corrected chi connectivity index (χ3v) is 3.31. The van der Waals surface area contributed by atoms with Crippen LogP contribution in [0.2, 0.25) is 0 Å². The molecule has 1 heterocycles. The summed E-state index contributed by atoms with van der Waals surface area (Å²) in [6, 6.07) is 3.96. The maximum Gasteiger partial charge on any atom is 0.419 e. The maximum absolute atomic E-state index is 11.8. The van der Waals surface area contributed by atoms with E-state index in [0.29, 0.717) is 24.9 Å². The first-order valence-electron chi connectivity index (χ1n) is 7.18. The van der Waals surface area contributed by atoms with E-state index in [0.717, 1.165) is 0 Å². The molecule has 2 N–H and O–H groups in total. The van der Waals surface area contributed by atoms with Gasteiger partial charge in [-0.2, -0.15) is 0 Å². The van der Waals surface area contributed by atoms with Crippen LogP contribution in [-0.2, 0) is 11.3 Å². The van der Waals surface area contributed by atoms with Gasteiger partial charge in [0, 0.05) is 32.2 Å². The highest BCUT2D eigenvalue weighted by Gasteiger charge is 2.14. The van der Waals surface area contributed by atoms with Crippen molar-refractivity contribution < 1.29 is 19.2 Å². The van der Waals surface area contributed by atoms with Crippen molar-refractivity contribution in [1.82, 2.24) is 9.88 Å². The number of aromatic nitrogens is 1. The van der Waals surface area contributed by atoms with Gasteiger partial charge in [0.15, 0.2) is 5.58 Å². The van der Waals surface area contributed by atoms with Crippen LogP contribution in [0.5, 0.6) is 0 Å². The number of nitrogens with zero attached hydrogens (tertiary/aromatic N) is 2. The Hall–Kier alpha value is -2.68. The molecule has 23 heavy (non-hydrogen) atoms. The molecule has 9 heteroatoms. The molecular formula is C14H17N3O6. The van der Waals surface area contributed by atoms with Crippen molar-refractivity contribution >= 4 is 22.7 Å². The zero-order valence-corrected chi connectivity index (χ0v) is 12.4. The highest BCUT2D eigenvalue weighted by Crippen LogP contribution is 2.20. The fraction of sp³-hybridized carbons (Fsp3) is 0.429. The molecule has 0 spiro atoms. The van der Waals surface area contributed by atoms with Gasteiger partial charge in [0.05, 0.1) is 16.5 Å². The number of rotatable bonds is 8. The summed E-state index contributed by atoms with van der Waals surface area (Å²) in [6.07, 6.45) is 1.16. The number of carbonyl (C=O) groups is 1. The zero-order valence-electron chi connectivity index (χ0n) is 12.4. The quantitative estimate of drug-likeness (QED) is 0.420. The Labute approximate surface area is 130 Å². The summed E-state index contributed by atoms with van der Waals surface area (Å²) < 4.78 is 6.35. The van der Waals surface area contributed by atoms with Crippen LogP contribution in [0.15, 0.2) is 27.4 Å². The summed E-state index contributed by atoms with van der Waals surface area (Å²) in [6.45, 7) is 0.702. The molecule has 0 aliphatic heterocycles. The molecule has 2 aromatic rings. The Morgan fingerprint density at radius 3 is 2.87 bits per heavy atom. The molecule has 0 aliphatic rings. The molecule has 1 aromatic carbocycles. The molecule has 1 amide bonds. The fourth-order valence-electron chi connectivity index (χ4n) is 2.17. The fourth-order valence-corrected chi connectivity index (χ4v) is 2.17. The van der Waals surface area contributed by atoms with Gasteiger partial charge in [-0.3, -0.25) is 19.5 Å². The van der Waals surface area contributed by atoms with Crippen LogP contribution >= 0.6 is 0 Å². The van der Waals surface area contributed by atoms with Gasteiger partial charge in [0.1, 0.15) is 0 Å². The molecule has 0 saturated heterocycles. The second-order valence-corrected chi connectivity index (χ2v) is 4.96. The first kappa shape index (κ1) is 16.7. The van der Waals surface area contributed by atoms with E-state index in [4.69, 9.17) is 9.52 Å². The SMILES string of the molecule is O=C(CCCn1c(=O)oc2cc([N+](=O)[O-])ccc21)NCCCO. The summed E-state index contributed by atoms with van der Waals surface area (Å²) in [5.41, 5.74) is 0.458. The van der Waals surface area contributed by atoms with Crippen molar-refractivity contribution in [2.75, 3.05) is 13.2 Å². The van der Waals surface area contributed by atoms with Gasteiger partial charge in [-0.15, -0.1) is 0 Å². The lowest BCUT2D eigenvalue weighted by Gasteiger charge is -2.04. The molecule has 0 unspecified atom stereocenters. The van der Waals surface area contributed by atoms with Crippen LogP contribution in [0.4, 0.5) is 5.69 Å². The average molecular weight is 323 g/mol. The van der Waals surface area contributed by atoms with E-state index >= 15 is 0 Å². The number of oxazole rings is 1. The van der Waals surface area contributed by atoms with Gasteiger partial charge < -0.3 is 14.8 Å². The number of fused-ring (bicyclic) bond motifs is 1. The maximum atomic E-state index is 11.8. The number of amides is 1. The topological polar surface area (TPSA) is 128 Å². The van der Waals surface area contributed by atoms with E-state index in [1.54, 1.807) is 0 Å². The molecule has 9 nitrogen and oxygen atoms in total. The Morgan fingerprint density at radius 1 is 1.39 bits per heavy atom. The average Bonchev–Trinajstić information content (AvgIpc) is 2.82. The summed E-state index contributed by atoms with van der Waals surface area (Å²) in [5.74, 6) is -0.767. The molecule has 0 radical (unpaired) electrons. The summed E-state index contributed by atoms with van der Waals surface area (Å²) in [7, 11) is 0. The van der Waals surface area contributed by atoms with Gasteiger partial charge in [-0.05, 0) is 18.9 Å². The number of aliphatic hydroxyl groups excluding tert-OH is 1. The Morgan fingerprint density at radius 2 is 2.17 bits per heavy atom. The van der Waals surface area contributed by atoms with Gasteiger partial charge in [0.2, 0.25) is 5.91 Å². The largest absolute Gasteiger partial charge is 0.419 e. The number of hydrogen-bond donors (Lipinski definition) is 2. The highest BCUT2D eigenvalue weighted by molar-refractivity contribution is 5.76.